The number of hydrogen-bond donors (Lipinski definition) is 3. The molecule has 0 aromatic rings. The van der Waals surface area contributed by atoms with E-state index in [2.05, 4.69) is 4.74 Å². The lowest BCUT2D eigenvalue weighted by molar-refractivity contribution is -0.177. The summed E-state index contributed by atoms with van der Waals surface area (Å²) in [5.74, 6) is -8.41. The highest BCUT2D eigenvalue weighted by Gasteiger charge is 2.66. The van der Waals surface area contributed by atoms with Crippen molar-refractivity contribution in [3.63, 3.8) is 0 Å². The van der Waals surface area contributed by atoms with E-state index in [0.29, 0.717) is 0 Å². The van der Waals surface area contributed by atoms with E-state index in [1.807, 2.05) is 0 Å². The van der Waals surface area contributed by atoms with Gasteiger partial charge in [0, 0.05) is 11.8 Å². The number of aliphatic hydroxyl groups is 2. The number of rotatable bonds is 8. The third-order valence-electron chi connectivity index (χ3n) is 5.70. The molecule has 8 nitrogen and oxygen atoms in total. The summed E-state index contributed by atoms with van der Waals surface area (Å²) in [6.45, 7) is 4.78. The first-order chi connectivity index (χ1) is 13.2. The third kappa shape index (κ3) is 4.45. The summed E-state index contributed by atoms with van der Waals surface area (Å²) >= 11 is 0. The molecule has 0 spiro atoms. The van der Waals surface area contributed by atoms with E-state index < -0.39 is 81.5 Å². The largest absolute Gasteiger partial charge is 0.465 e. The van der Waals surface area contributed by atoms with Crippen molar-refractivity contribution in [3.05, 3.63) is 0 Å². The highest BCUT2D eigenvalue weighted by atomic mass is 32.2. The zero-order valence-electron chi connectivity index (χ0n) is 16.8. The van der Waals surface area contributed by atoms with E-state index >= 15 is 0 Å². The van der Waals surface area contributed by atoms with Crippen LogP contribution in [-0.2, 0) is 24.4 Å². The van der Waals surface area contributed by atoms with Crippen LogP contribution in [0.5, 0.6) is 0 Å². The fourth-order valence-electron chi connectivity index (χ4n) is 4.43. The highest BCUT2D eigenvalue weighted by Crippen LogP contribution is 2.54. The van der Waals surface area contributed by atoms with Gasteiger partial charge in [-0.2, -0.15) is 26.0 Å². The van der Waals surface area contributed by atoms with Gasteiger partial charge in [0.15, 0.2) is 0 Å². The van der Waals surface area contributed by atoms with E-state index in [4.69, 9.17) is 9.29 Å². The van der Waals surface area contributed by atoms with Gasteiger partial charge in [-0.05, 0) is 34.1 Å². The smallest absolute Gasteiger partial charge is 0.431 e. The van der Waals surface area contributed by atoms with Gasteiger partial charge in [-0.1, -0.05) is 0 Å². The SMILES string of the molecule is CC(C)(O)C1C2CC(C(=O)OCCC(F)(F)C(F)(F)S(=O)(=O)O)C(O2)C1C(C)(C)O. The van der Waals surface area contributed by atoms with Gasteiger partial charge in [-0.25, -0.2) is 0 Å². The van der Waals surface area contributed by atoms with Crippen molar-refractivity contribution in [2.75, 3.05) is 6.61 Å². The van der Waals surface area contributed by atoms with Gasteiger partial charge in [-0.3, -0.25) is 9.35 Å². The Balaban J connectivity index is 2.06. The number of hydrogen-bond acceptors (Lipinski definition) is 7. The second-order valence-corrected chi connectivity index (χ2v) is 10.4. The van der Waals surface area contributed by atoms with Crippen LogP contribution >= 0.6 is 0 Å². The molecule has 2 heterocycles. The summed E-state index contributed by atoms with van der Waals surface area (Å²) in [4.78, 5) is 12.4. The fraction of sp³-hybridized carbons (Fsp3) is 0.941. The number of carbonyl (C=O) groups excluding carboxylic acids is 1. The molecule has 176 valence electrons. The summed E-state index contributed by atoms with van der Waals surface area (Å²) in [6.07, 6.45) is -3.27. The Morgan fingerprint density at radius 2 is 1.57 bits per heavy atom. The zero-order valence-corrected chi connectivity index (χ0v) is 17.6. The zero-order chi connectivity index (χ0) is 23.5. The lowest BCUT2D eigenvalue weighted by Crippen LogP contribution is -2.54. The Kier molecular flexibility index (Phi) is 6.34. The maximum Gasteiger partial charge on any atom is 0.431 e. The topological polar surface area (TPSA) is 130 Å². The van der Waals surface area contributed by atoms with Crippen LogP contribution in [0.2, 0.25) is 0 Å². The number of carbonyl (C=O) groups is 1. The quantitative estimate of drug-likeness (QED) is 0.279. The molecule has 2 aliphatic heterocycles. The Morgan fingerprint density at radius 3 is 2.00 bits per heavy atom. The van der Waals surface area contributed by atoms with Gasteiger partial charge < -0.3 is 19.7 Å². The van der Waals surface area contributed by atoms with Crippen molar-refractivity contribution in [1.82, 2.24) is 0 Å². The van der Waals surface area contributed by atoms with Crippen molar-refractivity contribution >= 4 is 16.1 Å². The summed E-state index contributed by atoms with van der Waals surface area (Å²) in [6, 6.07) is 0. The van der Waals surface area contributed by atoms with Crippen LogP contribution < -0.4 is 0 Å². The molecule has 13 heteroatoms. The van der Waals surface area contributed by atoms with Crippen LogP contribution in [0.25, 0.3) is 0 Å². The molecule has 0 saturated carbocycles. The molecular weight excluding hydrogens is 440 g/mol. The van der Waals surface area contributed by atoms with Gasteiger partial charge in [0.05, 0.1) is 42.4 Å². The number of fused-ring (bicyclic) bond motifs is 2. The maximum atomic E-state index is 13.5. The minimum atomic E-state index is -6.37. The van der Waals surface area contributed by atoms with Crippen molar-refractivity contribution in [1.29, 1.82) is 0 Å². The summed E-state index contributed by atoms with van der Waals surface area (Å²) in [5.41, 5.74) is -2.62. The Labute approximate surface area is 171 Å². The normalized spacial score (nSPS) is 30.6. The number of ether oxygens (including phenoxy) is 2. The van der Waals surface area contributed by atoms with Gasteiger partial charge in [-0.15, -0.1) is 0 Å². The Bertz CT molecular complexity index is 772. The molecular formula is C17H26F4O8S. The summed E-state index contributed by atoms with van der Waals surface area (Å²) < 4.78 is 93.1. The predicted molar refractivity (Wildman–Crippen MR) is 93.4 cm³/mol. The summed E-state index contributed by atoms with van der Waals surface area (Å²) in [7, 11) is -6.37. The van der Waals surface area contributed by atoms with Crippen molar-refractivity contribution < 1.29 is 55.0 Å². The van der Waals surface area contributed by atoms with E-state index in [9.17, 15) is 41.0 Å². The van der Waals surface area contributed by atoms with Crippen LogP contribution in [0.1, 0.15) is 40.5 Å². The molecule has 2 saturated heterocycles. The monoisotopic (exact) mass is 466 g/mol. The lowest BCUT2D eigenvalue weighted by atomic mass is 9.63. The van der Waals surface area contributed by atoms with Crippen molar-refractivity contribution in [2.24, 2.45) is 17.8 Å². The van der Waals surface area contributed by atoms with E-state index in [1.54, 1.807) is 0 Å². The molecule has 2 bridgehead atoms. The van der Waals surface area contributed by atoms with Crippen LogP contribution in [0.15, 0.2) is 0 Å². The fourth-order valence-corrected chi connectivity index (χ4v) is 4.91. The van der Waals surface area contributed by atoms with Crippen molar-refractivity contribution in [3.8, 4) is 0 Å². The van der Waals surface area contributed by atoms with Gasteiger partial charge in [0.1, 0.15) is 0 Å². The molecule has 2 fully saturated rings. The van der Waals surface area contributed by atoms with Crippen LogP contribution in [-0.4, -0.2) is 70.3 Å². The second-order valence-electron chi connectivity index (χ2n) is 8.95. The standard InChI is InChI=1S/C17H26F4O8S/c1-14(2,23)10-9-7-8(12(29-9)11(10)15(3,4)24)13(22)28-6-5-16(18,19)17(20,21)30(25,26)27/h8-12,23-24H,5-7H2,1-4H3,(H,25,26,27). The Morgan fingerprint density at radius 1 is 1.07 bits per heavy atom. The van der Waals surface area contributed by atoms with Gasteiger partial charge in [0.25, 0.3) is 0 Å². The van der Waals surface area contributed by atoms with Crippen molar-refractivity contribution in [2.45, 2.75) is 75.1 Å². The molecule has 2 aliphatic rings. The Hall–Kier alpha value is -1.02. The molecule has 5 unspecified atom stereocenters. The third-order valence-corrected chi connectivity index (χ3v) is 6.65. The molecule has 30 heavy (non-hydrogen) atoms. The predicted octanol–water partition coefficient (Wildman–Crippen LogP) is 1.60. The van der Waals surface area contributed by atoms with E-state index in [-0.39, 0.29) is 6.42 Å². The number of esters is 1. The van der Waals surface area contributed by atoms with Crippen LogP contribution in [0.4, 0.5) is 17.6 Å². The first-order valence-electron chi connectivity index (χ1n) is 9.21. The average molecular weight is 466 g/mol. The van der Waals surface area contributed by atoms with Crippen LogP contribution in [0.3, 0.4) is 0 Å². The molecule has 0 aromatic carbocycles. The maximum absolute atomic E-state index is 13.5. The lowest BCUT2D eigenvalue weighted by Gasteiger charge is -2.43. The number of halogens is 4. The molecule has 0 aromatic heterocycles. The first-order valence-corrected chi connectivity index (χ1v) is 10.7. The van der Waals surface area contributed by atoms with E-state index in [1.165, 1.54) is 27.7 Å². The molecule has 5 atom stereocenters. The molecule has 0 radical (unpaired) electrons. The highest BCUT2D eigenvalue weighted by molar-refractivity contribution is 7.87. The number of alkyl halides is 4. The second kappa shape index (κ2) is 7.54. The van der Waals surface area contributed by atoms with Crippen LogP contribution in [0, 0.1) is 17.8 Å². The minimum Gasteiger partial charge on any atom is -0.465 e. The molecule has 0 aliphatic carbocycles. The van der Waals surface area contributed by atoms with E-state index in [0.717, 1.165) is 0 Å². The average Bonchev–Trinajstić information content (AvgIpc) is 3.10. The minimum absolute atomic E-state index is 0.0717. The van der Waals surface area contributed by atoms with Gasteiger partial charge >= 0.3 is 27.3 Å². The summed E-state index contributed by atoms with van der Waals surface area (Å²) in [5, 5.41) is 15.2. The first kappa shape index (κ1) is 25.2. The molecule has 3 N–H and O–H groups in total. The van der Waals surface area contributed by atoms with Gasteiger partial charge in [0.2, 0.25) is 0 Å². The molecule has 2 rings (SSSR count). The molecule has 0 amide bonds.